The van der Waals surface area contributed by atoms with Crippen LogP contribution in [-0.2, 0) is 11.4 Å². The standard InChI is InChI=1S/C28H27BrN2O3S/c1-18(2)31-27(32)26(35-28(31)30-22-12-10-19(3)11-13-22)15-21-14-24(33-4)25(16-23(21)29)34-17-20-8-6-5-7-9-20/h5-16,18H,17H2,1-4H3/b26-15+,30-28?. The number of hydrogen-bond donors (Lipinski definition) is 0. The third-order valence-corrected chi connectivity index (χ3v) is 7.09. The van der Waals surface area contributed by atoms with E-state index in [1.807, 2.05) is 93.6 Å². The normalized spacial score (nSPS) is 15.9. The zero-order chi connectivity index (χ0) is 24.9. The van der Waals surface area contributed by atoms with Gasteiger partial charge >= 0.3 is 0 Å². The number of ether oxygens (including phenoxy) is 2. The van der Waals surface area contributed by atoms with Crippen LogP contribution in [0.3, 0.4) is 0 Å². The molecule has 1 aliphatic rings. The first-order valence-corrected chi connectivity index (χ1v) is 12.9. The monoisotopic (exact) mass is 550 g/mol. The number of aryl methyl sites for hydroxylation is 1. The first-order chi connectivity index (χ1) is 16.9. The lowest BCUT2D eigenvalue weighted by molar-refractivity contribution is -0.123. The van der Waals surface area contributed by atoms with E-state index >= 15 is 0 Å². The number of carbonyl (C=O) groups excluding carboxylic acids is 1. The van der Waals surface area contributed by atoms with Crippen LogP contribution in [0.25, 0.3) is 6.08 Å². The molecule has 0 saturated carbocycles. The van der Waals surface area contributed by atoms with E-state index in [1.54, 1.807) is 12.0 Å². The molecule has 4 rings (SSSR count). The first kappa shape index (κ1) is 25.1. The van der Waals surface area contributed by atoms with Gasteiger partial charge in [0.1, 0.15) is 6.61 Å². The smallest absolute Gasteiger partial charge is 0.266 e. The molecule has 0 aliphatic carbocycles. The second-order valence-corrected chi connectivity index (χ2v) is 10.3. The van der Waals surface area contributed by atoms with E-state index in [0.29, 0.717) is 28.2 Å². The fourth-order valence-electron chi connectivity index (χ4n) is 3.56. The zero-order valence-corrected chi connectivity index (χ0v) is 22.5. The summed E-state index contributed by atoms with van der Waals surface area (Å²) < 4.78 is 12.4. The van der Waals surface area contributed by atoms with E-state index in [1.165, 1.54) is 17.3 Å². The molecule has 3 aromatic rings. The lowest BCUT2D eigenvalue weighted by Crippen LogP contribution is -2.35. The number of amidine groups is 1. The van der Waals surface area contributed by atoms with Crippen molar-refractivity contribution in [3.05, 3.63) is 92.8 Å². The molecule has 0 N–H and O–H groups in total. The number of rotatable bonds is 7. The summed E-state index contributed by atoms with van der Waals surface area (Å²) in [4.78, 5) is 20.4. The van der Waals surface area contributed by atoms with Crippen LogP contribution in [0.15, 0.2) is 81.1 Å². The Hall–Kier alpha value is -3.03. The molecule has 3 aromatic carbocycles. The van der Waals surface area contributed by atoms with Crippen molar-refractivity contribution < 1.29 is 14.3 Å². The molecular weight excluding hydrogens is 524 g/mol. The number of aliphatic imine (C=N–C) groups is 1. The van der Waals surface area contributed by atoms with Crippen LogP contribution in [0.1, 0.15) is 30.5 Å². The van der Waals surface area contributed by atoms with Crippen LogP contribution in [0.2, 0.25) is 0 Å². The number of thioether (sulfide) groups is 1. The molecule has 0 bridgehead atoms. The van der Waals surface area contributed by atoms with E-state index < -0.39 is 0 Å². The number of amides is 1. The predicted molar refractivity (Wildman–Crippen MR) is 147 cm³/mol. The lowest BCUT2D eigenvalue weighted by atomic mass is 10.1. The van der Waals surface area contributed by atoms with Crippen molar-refractivity contribution in [3.8, 4) is 11.5 Å². The maximum absolute atomic E-state index is 13.3. The van der Waals surface area contributed by atoms with Crippen LogP contribution >= 0.6 is 27.7 Å². The number of halogens is 1. The minimum atomic E-state index is -0.0638. The molecule has 180 valence electrons. The molecule has 0 aromatic heterocycles. The van der Waals surface area contributed by atoms with Crippen molar-refractivity contribution in [3.63, 3.8) is 0 Å². The van der Waals surface area contributed by atoms with Gasteiger partial charge in [-0.25, -0.2) is 4.99 Å². The minimum absolute atomic E-state index is 0.0168. The summed E-state index contributed by atoms with van der Waals surface area (Å²) in [6, 6.07) is 21.7. The summed E-state index contributed by atoms with van der Waals surface area (Å²) in [5.74, 6) is 1.16. The van der Waals surface area contributed by atoms with Crippen molar-refractivity contribution in [1.29, 1.82) is 0 Å². The Morgan fingerprint density at radius 1 is 1.06 bits per heavy atom. The molecule has 1 aliphatic heterocycles. The number of carbonyl (C=O) groups is 1. The van der Waals surface area contributed by atoms with Gasteiger partial charge in [0.05, 0.1) is 17.7 Å². The van der Waals surface area contributed by atoms with E-state index in [-0.39, 0.29) is 11.9 Å². The van der Waals surface area contributed by atoms with E-state index in [0.717, 1.165) is 21.3 Å². The Morgan fingerprint density at radius 3 is 2.43 bits per heavy atom. The van der Waals surface area contributed by atoms with Gasteiger partial charge in [-0.05, 0) is 74.0 Å². The van der Waals surface area contributed by atoms with Crippen molar-refractivity contribution in [2.75, 3.05) is 7.11 Å². The van der Waals surface area contributed by atoms with Crippen LogP contribution in [0.4, 0.5) is 5.69 Å². The van der Waals surface area contributed by atoms with E-state index in [4.69, 9.17) is 14.5 Å². The summed E-state index contributed by atoms with van der Waals surface area (Å²) in [5.41, 5.74) is 3.88. The second kappa shape index (κ2) is 11.1. The SMILES string of the molecule is COc1cc(/C=C2/SC(=Nc3ccc(C)cc3)N(C(C)C)C2=O)c(Br)cc1OCc1ccccc1. The van der Waals surface area contributed by atoms with Crippen molar-refractivity contribution in [1.82, 2.24) is 4.90 Å². The van der Waals surface area contributed by atoms with Crippen LogP contribution in [0.5, 0.6) is 11.5 Å². The maximum atomic E-state index is 13.3. The quantitative estimate of drug-likeness (QED) is 0.288. The molecule has 0 spiro atoms. The Morgan fingerprint density at radius 2 is 1.77 bits per heavy atom. The molecular formula is C28H27BrN2O3S. The Labute approximate surface area is 219 Å². The van der Waals surface area contributed by atoms with Gasteiger partial charge < -0.3 is 9.47 Å². The van der Waals surface area contributed by atoms with Crippen LogP contribution in [-0.4, -0.2) is 29.1 Å². The molecule has 0 atom stereocenters. The van der Waals surface area contributed by atoms with E-state index in [2.05, 4.69) is 15.9 Å². The topological polar surface area (TPSA) is 51.1 Å². The summed E-state index contributed by atoms with van der Waals surface area (Å²) >= 11 is 5.02. The highest BCUT2D eigenvalue weighted by Gasteiger charge is 2.35. The van der Waals surface area contributed by atoms with Gasteiger partial charge in [-0.1, -0.05) is 64.0 Å². The molecule has 35 heavy (non-hydrogen) atoms. The molecule has 1 fully saturated rings. The lowest BCUT2D eigenvalue weighted by Gasteiger charge is -2.19. The van der Waals surface area contributed by atoms with Crippen molar-refractivity contribution >= 4 is 50.5 Å². The van der Waals surface area contributed by atoms with Crippen molar-refractivity contribution in [2.45, 2.75) is 33.4 Å². The van der Waals surface area contributed by atoms with Crippen LogP contribution < -0.4 is 9.47 Å². The van der Waals surface area contributed by atoms with Crippen molar-refractivity contribution in [2.24, 2.45) is 4.99 Å². The highest BCUT2D eigenvalue weighted by atomic mass is 79.9. The Balaban J connectivity index is 1.62. The fraction of sp³-hybridized carbons (Fsp3) is 0.214. The number of nitrogens with zero attached hydrogens (tertiary/aromatic N) is 2. The van der Waals surface area contributed by atoms with E-state index in [9.17, 15) is 4.79 Å². The number of benzene rings is 3. The Kier molecular flexibility index (Phi) is 7.98. The van der Waals surface area contributed by atoms with Gasteiger partial charge in [0.2, 0.25) is 0 Å². The summed E-state index contributed by atoms with van der Waals surface area (Å²) in [6.45, 7) is 6.45. The van der Waals surface area contributed by atoms with Gasteiger partial charge in [-0.15, -0.1) is 0 Å². The molecule has 5 nitrogen and oxygen atoms in total. The largest absolute Gasteiger partial charge is 0.493 e. The van der Waals surface area contributed by atoms with Gasteiger partial charge in [-0.2, -0.15) is 0 Å². The molecule has 7 heteroatoms. The van der Waals surface area contributed by atoms with Gasteiger partial charge in [-0.3, -0.25) is 9.69 Å². The highest BCUT2D eigenvalue weighted by Crippen LogP contribution is 2.39. The summed E-state index contributed by atoms with van der Waals surface area (Å²) in [6.07, 6.45) is 1.87. The summed E-state index contributed by atoms with van der Waals surface area (Å²) in [5, 5.41) is 0.672. The molecule has 1 saturated heterocycles. The molecule has 1 amide bonds. The van der Waals surface area contributed by atoms with Crippen LogP contribution in [0, 0.1) is 6.92 Å². The molecule has 0 unspecified atom stereocenters. The number of methoxy groups -OCH3 is 1. The third kappa shape index (κ3) is 5.97. The maximum Gasteiger partial charge on any atom is 0.266 e. The second-order valence-electron chi connectivity index (χ2n) is 8.41. The zero-order valence-electron chi connectivity index (χ0n) is 20.1. The third-order valence-electron chi connectivity index (χ3n) is 5.42. The molecule has 0 radical (unpaired) electrons. The summed E-state index contributed by atoms with van der Waals surface area (Å²) in [7, 11) is 1.61. The Bertz CT molecular complexity index is 1270. The molecule has 1 heterocycles. The van der Waals surface area contributed by atoms with Gasteiger partial charge in [0, 0.05) is 10.5 Å². The highest BCUT2D eigenvalue weighted by molar-refractivity contribution is 9.10. The van der Waals surface area contributed by atoms with Gasteiger partial charge in [0.25, 0.3) is 5.91 Å². The average molecular weight is 552 g/mol. The number of hydrogen-bond acceptors (Lipinski definition) is 5. The first-order valence-electron chi connectivity index (χ1n) is 11.3. The predicted octanol–water partition coefficient (Wildman–Crippen LogP) is 7.36. The fourth-order valence-corrected chi connectivity index (χ4v) is 5.11. The minimum Gasteiger partial charge on any atom is -0.493 e. The average Bonchev–Trinajstić information content (AvgIpc) is 3.15. The van der Waals surface area contributed by atoms with Gasteiger partial charge in [0.15, 0.2) is 16.7 Å².